The standard InChI is InChI=1S/C25H17ClF2N4O3S/c1-2-18(33)31-6-7-32-12(11-31)5-8-35-22-14(25(32)34)9-17(28)20(21(22)26)13-3-4-16(27)23-19(13)15(10-29)24(30)36-23/h2-5,9H,1,6-8,11,30H2. The molecule has 182 valence electrons. The third kappa shape index (κ3) is 3.59. The van der Waals surface area contributed by atoms with E-state index in [9.17, 15) is 19.2 Å². The summed E-state index contributed by atoms with van der Waals surface area (Å²) >= 11 is 7.52. The van der Waals surface area contributed by atoms with Crippen molar-refractivity contribution in [1.29, 1.82) is 5.26 Å². The van der Waals surface area contributed by atoms with E-state index < -0.39 is 17.5 Å². The van der Waals surface area contributed by atoms with E-state index in [1.165, 1.54) is 17.0 Å². The Bertz CT molecular complexity index is 1560. The summed E-state index contributed by atoms with van der Waals surface area (Å²) in [5, 5.41) is 9.65. The van der Waals surface area contributed by atoms with E-state index in [2.05, 4.69) is 6.58 Å². The molecule has 1 fully saturated rings. The van der Waals surface area contributed by atoms with Crippen LogP contribution in [0.2, 0.25) is 5.02 Å². The Morgan fingerprint density at radius 3 is 2.78 bits per heavy atom. The molecule has 11 heteroatoms. The number of nitrogens with zero attached hydrogens (tertiary/aromatic N) is 3. The van der Waals surface area contributed by atoms with Crippen LogP contribution < -0.4 is 10.5 Å². The van der Waals surface area contributed by atoms with E-state index in [-0.39, 0.29) is 80.3 Å². The smallest absolute Gasteiger partial charge is 0.262 e. The van der Waals surface area contributed by atoms with Crippen molar-refractivity contribution in [2.24, 2.45) is 0 Å². The van der Waals surface area contributed by atoms with Crippen molar-refractivity contribution in [1.82, 2.24) is 9.80 Å². The number of piperazine rings is 1. The lowest BCUT2D eigenvalue weighted by Gasteiger charge is -2.37. The van der Waals surface area contributed by atoms with E-state index in [0.29, 0.717) is 5.70 Å². The highest BCUT2D eigenvalue weighted by Crippen LogP contribution is 2.47. The minimum absolute atomic E-state index is 0.000693. The third-order valence-electron chi connectivity index (χ3n) is 6.17. The van der Waals surface area contributed by atoms with Gasteiger partial charge in [0.25, 0.3) is 5.91 Å². The zero-order valence-electron chi connectivity index (χ0n) is 18.6. The molecule has 1 saturated heterocycles. The largest absolute Gasteiger partial charge is 0.487 e. The van der Waals surface area contributed by atoms with E-state index in [4.69, 9.17) is 22.1 Å². The Morgan fingerprint density at radius 2 is 2.06 bits per heavy atom. The summed E-state index contributed by atoms with van der Waals surface area (Å²) in [6, 6.07) is 5.44. The van der Waals surface area contributed by atoms with Crippen molar-refractivity contribution in [2.45, 2.75) is 0 Å². The van der Waals surface area contributed by atoms with Crippen molar-refractivity contribution in [3.63, 3.8) is 0 Å². The number of thiophene rings is 1. The van der Waals surface area contributed by atoms with Crippen LogP contribution in [-0.2, 0) is 4.79 Å². The van der Waals surface area contributed by atoms with Crippen molar-refractivity contribution in [2.75, 3.05) is 32.0 Å². The number of hydrogen-bond donors (Lipinski definition) is 1. The fourth-order valence-corrected chi connectivity index (χ4v) is 5.77. The monoisotopic (exact) mass is 526 g/mol. The molecule has 0 saturated carbocycles. The molecule has 3 aromatic rings. The molecule has 0 bridgehead atoms. The number of amides is 2. The predicted octanol–water partition coefficient (Wildman–Crippen LogP) is 4.70. The van der Waals surface area contributed by atoms with Gasteiger partial charge in [-0.25, -0.2) is 8.78 Å². The van der Waals surface area contributed by atoms with Gasteiger partial charge in [-0.05, 0) is 29.8 Å². The number of benzene rings is 2. The first-order chi connectivity index (χ1) is 17.3. The molecule has 0 spiro atoms. The summed E-state index contributed by atoms with van der Waals surface area (Å²) in [5.74, 6) is -2.27. The summed E-state index contributed by atoms with van der Waals surface area (Å²) in [6.07, 6.45) is 2.86. The molecule has 0 radical (unpaired) electrons. The highest BCUT2D eigenvalue weighted by Gasteiger charge is 2.34. The number of rotatable bonds is 2. The maximum Gasteiger partial charge on any atom is 0.262 e. The number of carbonyl (C=O) groups excluding carboxylic acids is 2. The lowest BCUT2D eigenvalue weighted by atomic mass is 9.96. The Labute approximate surface area is 213 Å². The molecule has 0 atom stereocenters. The van der Waals surface area contributed by atoms with Gasteiger partial charge in [0.05, 0.1) is 27.4 Å². The number of nitrogens with two attached hydrogens (primary N) is 1. The summed E-state index contributed by atoms with van der Waals surface area (Å²) in [6.45, 7) is 4.14. The Kier molecular flexibility index (Phi) is 5.90. The molecule has 2 amide bonds. The van der Waals surface area contributed by atoms with E-state index in [1.54, 1.807) is 11.0 Å². The van der Waals surface area contributed by atoms with Gasteiger partial charge < -0.3 is 20.3 Å². The maximum absolute atomic E-state index is 15.6. The normalized spacial score (nSPS) is 15.3. The molecule has 3 heterocycles. The molecular weight excluding hydrogens is 510 g/mol. The van der Waals surface area contributed by atoms with Crippen LogP contribution in [0.25, 0.3) is 21.2 Å². The predicted molar refractivity (Wildman–Crippen MR) is 133 cm³/mol. The van der Waals surface area contributed by atoms with Crippen LogP contribution in [0, 0.1) is 23.0 Å². The number of hydrogen-bond acceptors (Lipinski definition) is 6. The fraction of sp³-hybridized carbons (Fsp3) is 0.160. The third-order valence-corrected chi connectivity index (χ3v) is 7.56. The molecule has 2 aliphatic heterocycles. The molecule has 5 rings (SSSR count). The van der Waals surface area contributed by atoms with Crippen LogP contribution in [0.5, 0.6) is 5.75 Å². The van der Waals surface area contributed by atoms with Gasteiger partial charge >= 0.3 is 0 Å². The van der Waals surface area contributed by atoms with E-state index in [1.807, 2.05) is 6.07 Å². The van der Waals surface area contributed by atoms with Gasteiger partial charge in [-0.3, -0.25) is 9.59 Å². The van der Waals surface area contributed by atoms with Crippen LogP contribution >= 0.6 is 22.9 Å². The van der Waals surface area contributed by atoms with E-state index in [0.717, 1.165) is 23.5 Å². The summed E-state index contributed by atoms with van der Waals surface area (Å²) in [5.41, 5.74) is 6.42. The van der Waals surface area contributed by atoms with Crippen LogP contribution in [0.3, 0.4) is 0 Å². The minimum Gasteiger partial charge on any atom is -0.487 e. The number of anilines is 1. The van der Waals surface area contributed by atoms with Gasteiger partial charge in [-0.15, -0.1) is 11.3 Å². The number of nitriles is 1. The molecule has 7 nitrogen and oxygen atoms in total. The van der Waals surface area contributed by atoms with Crippen LogP contribution in [-0.4, -0.2) is 47.9 Å². The first kappa shape index (κ1) is 23.8. The quantitative estimate of drug-likeness (QED) is 0.488. The van der Waals surface area contributed by atoms with Gasteiger partial charge in [0, 0.05) is 29.7 Å². The first-order valence-corrected chi connectivity index (χ1v) is 11.9. The van der Waals surface area contributed by atoms with Crippen LogP contribution in [0.15, 0.2) is 42.6 Å². The minimum atomic E-state index is -0.844. The number of nitrogen functional groups attached to an aromatic ring is 1. The lowest BCUT2D eigenvalue weighted by molar-refractivity contribution is -0.126. The molecule has 0 unspecified atom stereocenters. The Hall–Kier alpha value is -3.94. The zero-order valence-corrected chi connectivity index (χ0v) is 20.2. The molecule has 2 aromatic carbocycles. The van der Waals surface area contributed by atoms with Crippen molar-refractivity contribution < 1.29 is 23.1 Å². The van der Waals surface area contributed by atoms with Gasteiger partial charge in [-0.2, -0.15) is 5.26 Å². The summed E-state index contributed by atoms with van der Waals surface area (Å²) in [7, 11) is 0. The van der Waals surface area contributed by atoms with Crippen molar-refractivity contribution in [3.8, 4) is 22.9 Å². The van der Waals surface area contributed by atoms with Crippen molar-refractivity contribution in [3.05, 3.63) is 70.4 Å². The molecular formula is C25H17ClF2N4O3S. The number of ether oxygens (including phenoxy) is 1. The van der Waals surface area contributed by atoms with Crippen LogP contribution in [0.1, 0.15) is 15.9 Å². The number of carbonyl (C=O) groups is 2. The Morgan fingerprint density at radius 1 is 1.28 bits per heavy atom. The SMILES string of the molecule is C=CC(=O)N1CCN2C(=O)c3cc(F)c(-c4ccc(F)c5sc(N)c(C#N)c45)c(Cl)c3OCC=C2C1. The average Bonchev–Trinajstić information content (AvgIpc) is 3.21. The lowest BCUT2D eigenvalue weighted by Crippen LogP contribution is -2.49. The maximum atomic E-state index is 15.6. The molecule has 36 heavy (non-hydrogen) atoms. The number of halogens is 3. The highest BCUT2D eigenvalue weighted by atomic mass is 35.5. The van der Waals surface area contributed by atoms with Gasteiger partial charge in [-0.1, -0.05) is 24.2 Å². The second-order valence-electron chi connectivity index (χ2n) is 8.10. The first-order valence-electron chi connectivity index (χ1n) is 10.7. The topological polar surface area (TPSA) is 99.7 Å². The Balaban J connectivity index is 1.64. The fourth-order valence-electron chi connectivity index (χ4n) is 4.47. The van der Waals surface area contributed by atoms with Gasteiger partial charge in [0.1, 0.15) is 29.3 Å². The summed E-state index contributed by atoms with van der Waals surface area (Å²) in [4.78, 5) is 28.5. The van der Waals surface area contributed by atoms with Gasteiger partial charge in [0.15, 0.2) is 5.75 Å². The molecule has 2 aliphatic rings. The highest BCUT2D eigenvalue weighted by molar-refractivity contribution is 7.23. The second kappa shape index (κ2) is 8.93. The molecule has 2 N–H and O–H groups in total. The average molecular weight is 527 g/mol. The second-order valence-corrected chi connectivity index (χ2v) is 9.53. The molecule has 1 aromatic heterocycles. The molecule has 0 aliphatic carbocycles. The van der Waals surface area contributed by atoms with E-state index >= 15 is 4.39 Å². The summed E-state index contributed by atoms with van der Waals surface area (Å²) < 4.78 is 36.1. The van der Waals surface area contributed by atoms with Gasteiger partial charge in [0.2, 0.25) is 5.91 Å². The van der Waals surface area contributed by atoms with Crippen LogP contribution in [0.4, 0.5) is 13.8 Å². The zero-order chi connectivity index (χ0) is 25.7. The number of fused-ring (bicyclic) bond motifs is 3. The van der Waals surface area contributed by atoms with Crippen molar-refractivity contribution >= 4 is 49.8 Å².